The lowest BCUT2D eigenvalue weighted by molar-refractivity contribution is -0.118. The van der Waals surface area contributed by atoms with Crippen LogP contribution < -0.4 is 24.8 Å². The number of ether oxygens (including phenoxy) is 4. The first-order chi connectivity index (χ1) is 16.5. The van der Waals surface area contributed by atoms with E-state index in [0.29, 0.717) is 22.9 Å². The Morgan fingerprint density at radius 1 is 0.794 bits per heavy atom. The maximum Gasteiger partial charge on any atom is 0.408 e. The molecule has 8 nitrogen and oxygen atoms in total. The first kappa shape index (κ1) is 24.4. The lowest BCUT2D eigenvalue weighted by atomic mass is 10.1. The molecule has 3 aromatic carbocycles. The van der Waals surface area contributed by atoms with Gasteiger partial charge in [-0.2, -0.15) is 0 Å². The van der Waals surface area contributed by atoms with E-state index < -0.39 is 18.0 Å². The zero-order valence-corrected chi connectivity index (χ0v) is 19.4. The average molecular weight is 465 g/mol. The molecule has 0 aliphatic heterocycles. The third-order valence-corrected chi connectivity index (χ3v) is 5.04. The third kappa shape index (κ3) is 6.65. The van der Waals surface area contributed by atoms with Gasteiger partial charge in [-0.1, -0.05) is 60.7 Å². The van der Waals surface area contributed by atoms with Gasteiger partial charge in [0.05, 0.1) is 21.3 Å². The highest BCUT2D eigenvalue weighted by atomic mass is 16.5. The van der Waals surface area contributed by atoms with Crippen LogP contribution in [-0.2, 0) is 22.6 Å². The molecule has 2 N–H and O–H groups in total. The molecule has 0 aliphatic rings. The highest BCUT2D eigenvalue weighted by Gasteiger charge is 2.23. The zero-order valence-electron chi connectivity index (χ0n) is 19.4. The average Bonchev–Trinajstić information content (AvgIpc) is 2.87. The number of carbonyl (C=O) groups is 2. The molecule has 8 heteroatoms. The highest BCUT2D eigenvalue weighted by Crippen LogP contribution is 2.39. The summed E-state index contributed by atoms with van der Waals surface area (Å²) in [5, 5.41) is 5.49. The van der Waals surface area contributed by atoms with Gasteiger partial charge in [-0.15, -0.1) is 0 Å². The van der Waals surface area contributed by atoms with E-state index in [1.807, 2.05) is 60.7 Å². The van der Waals surface area contributed by atoms with Crippen LogP contribution in [-0.4, -0.2) is 39.4 Å². The van der Waals surface area contributed by atoms with Crippen LogP contribution in [0.15, 0.2) is 72.8 Å². The fourth-order valence-electron chi connectivity index (χ4n) is 3.35. The SMILES string of the molecule is COc1cc(NC(=O)[C@H](Cc2ccccc2)NC(=O)OCc2ccccc2)cc(OC)c1OC. The van der Waals surface area contributed by atoms with Gasteiger partial charge in [0.25, 0.3) is 0 Å². The summed E-state index contributed by atoms with van der Waals surface area (Å²) in [4.78, 5) is 25.7. The monoisotopic (exact) mass is 464 g/mol. The maximum atomic E-state index is 13.2. The second kappa shape index (κ2) is 12.2. The van der Waals surface area contributed by atoms with E-state index >= 15 is 0 Å². The minimum absolute atomic E-state index is 0.0965. The predicted molar refractivity (Wildman–Crippen MR) is 128 cm³/mol. The number of benzene rings is 3. The van der Waals surface area contributed by atoms with Gasteiger partial charge in [-0.25, -0.2) is 4.79 Å². The van der Waals surface area contributed by atoms with E-state index in [9.17, 15) is 9.59 Å². The summed E-state index contributed by atoms with van der Waals surface area (Å²) in [6, 6.07) is 21.1. The van der Waals surface area contributed by atoms with Crippen LogP contribution in [0, 0.1) is 0 Å². The summed E-state index contributed by atoms with van der Waals surface area (Å²) in [6.45, 7) is 0.0965. The van der Waals surface area contributed by atoms with E-state index in [1.54, 1.807) is 12.1 Å². The fourth-order valence-corrected chi connectivity index (χ4v) is 3.35. The van der Waals surface area contributed by atoms with Crippen LogP contribution in [0.2, 0.25) is 0 Å². The van der Waals surface area contributed by atoms with Crippen molar-refractivity contribution in [3.8, 4) is 17.2 Å². The summed E-state index contributed by atoms with van der Waals surface area (Å²) in [5.74, 6) is 0.778. The van der Waals surface area contributed by atoms with Gasteiger partial charge in [0.1, 0.15) is 12.6 Å². The number of hydrogen-bond acceptors (Lipinski definition) is 6. The van der Waals surface area contributed by atoms with Crippen molar-refractivity contribution in [2.45, 2.75) is 19.1 Å². The molecular weight excluding hydrogens is 436 g/mol. The van der Waals surface area contributed by atoms with Crippen LogP contribution in [0.25, 0.3) is 0 Å². The van der Waals surface area contributed by atoms with E-state index in [2.05, 4.69) is 10.6 Å². The van der Waals surface area contributed by atoms with Gasteiger partial charge >= 0.3 is 6.09 Å². The van der Waals surface area contributed by atoms with Gasteiger partial charge < -0.3 is 29.6 Å². The molecule has 0 fully saturated rings. The summed E-state index contributed by atoms with van der Waals surface area (Å²) < 4.78 is 21.3. The lowest BCUT2D eigenvalue weighted by Gasteiger charge is -2.20. The Bertz CT molecular complexity index is 1060. The molecule has 0 aliphatic carbocycles. The van der Waals surface area contributed by atoms with Crippen LogP contribution >= 0.6 is 0 Å². The summed E-state index contributed by atoms with van der Waals surface area (Å²) in [7, 11) is 4.48. The number of carbonyl (C=O) groups excluding carboxylic acids is 2. The Hall–Kier alpha value is -4.20. The van der Waals surface area contributed by atoms with Crippen LogP contribution in [0.3, 0.4) is 0 Å². The van der Waals surface area contributed by atoms with Crippen molar-refractivity contribution in [3.05, 3.63) is 83.9 Å². The third-order valence-electron chi connectivity index (χ3n) is 5.04. The molecule has 178 valence electrons. The van der Waals surface area contributed by atoms with Gasteiger partial charge in [0, 0.05) is 24.2 Å². The lowest BCUT2D eigenvalue weighted by Crippen LogP contribution is -2.45. The Balaban J connectivity index is 1.75. The number of amides is 2. The first-order valence-electron chi connectivity index (χ1n) is 10.7. The minimum Gasteiger partial charge on any atom is -0.493 e. The Morgan fingerprint density at radius 2 is 1.35 bits per heavy atom. The molecule has 0 bridgehead atoms. The van der Waals surface area contributed by atoms with E-state index in [-0.39, 0.29) is 13.0 Å². The summed E-state index contributed by atoms with van der Waals surface area (Å²) in [5.41, 5.74) is 2.16. The van der Waals surface area contributed by atoms with Crippen molar-refractivity contribution in [2.24, 2.45) is 0 Å². The molecule has 3 aromatic rings. The molecule has 34 heavy (non-hydrogen) atoms. The summed E-state index contributed by atoms with van der Waals surface area (Å²) in [6.07, 6.45) is -0.415. The number of methoxy groups -OCH3 is 3. The van der Waals surface area contributed by atoms with Crippen molar-refractivity contribution in [2.75, 3.05) is 26.6 Å². The molecule has 0 aromatic heterocycles. The zero-order chi connectivity index (χ0) is 24.3. The van der Waals surface area contributed by atoms with E-state index in [0.717, 1.165) is 11.1 Å². The summed E-state index contributed by atoms with van der Waals surface area (Å²) >= 11 is 0. The second-order valence-corrected chi connectivity index (χ2v) is 7.35. The number of alkyl carbamates (subject to hydrolysis) is 1. The molecule has 0 saturated carbocycles. The van der Waals surface area contributed by atoms with Crippen molar-refractivity contribution in [1.82, 2.24) is 5.32 Å². The number of hydrogen-bond donors (Lipinski definition) is 2. The van der Waals surface area contributed by atoms with Crippen molar-refractivity contribution in [1.29, 1.82) is 0 Å². The van der Waals surface area contributed by atoms with Gasteiger partial charge in [-0.3, -0.25) is 4.79 Å². The van der Waals surface area contributed by atoms with Crippen LogP contribution in [0.1, 0.15) is 11.1 Å². The molecule has 0 heterocycles. The standard InChI is InChI=1S/C26H28N2O6/c1-31-22-15-20(16-23(32-2)24(22)33-3)27-25(29)21(14-18-10-6-4-7-11-18)28-26(30)34-17-19-12-8-5-9-13-19/h4-13,15-16,21H,14,17H2,1-3H3,(H,27,29)(H,28,30)/t21-/m0/s1. The van der Waals surface area contributed by atoms with Gasteiger partial charge in [-0.05, 0) is 11.1 Å². The predicted octanol–water partition coefficient (Wildman–Crippen LogP) is 4.19. The number of anilines is 1. The topological polar surface area (TPSA) is 95.1 Å². The van der Waals surface area contributed by atoms with E-state index in [1.165, 1.54) is 21.3 Å². The molecule has 2 amide bonds. The molecular formula is C26H28N2O6. The maximum absolute atomic E-state index is 13.2. The largest absolute Gasteiger partial charge is 0.493 e. The van der Waals surface area contributed by atoms with Gasteiger partial charge in [0.15, 0.2) is 11.5 Å². The first-order valence-corrected chi connectivity index (χ1v) is 10.7. The molecule has 0 spiro atoms. The van der Waals surface area contributed by atoms with Gasteiger partial charge in [0.2, 0.25) is 11.7 Å². The molecule has 0 unspecified atom stereocenters. The Kier molecular flexibility index (Phi) is 8.73. The van der Waals surface area contributed by atoms with Crippen LogP contribution in [0.4, 0.5) is 10.5 Å². The molecule has 0 saturated heterocycles. The quantitative estimate of drug-likeness (QED) is 0.467. The number of nitrogens with one attached hydrogen (secondary N) is 2. The smallest absolute Gasteiger partial charge is 0.408 e. The second-order valence-electron chi connectivity index (χ2n) is 7.35. The highest BCUT2D eigenvalue weighted by molar-refractivity contribution is 5.97. The Morgan fingerprint density at radius 3 is 1.88 bits per heavy atom. The fraction of sp³-hybridized carbons (Fsp3) is 0.231. The minimum atomic E-state index is -0.884. The normalized spacial score (nSPS) is 11.1. The Labute approximate surface area is 198 Å². The molecule has 1 atom stereocenters. The molecule has 3 rings (SSSR count). The molecule has 0 radical (unpaired) electrons. The number of rotatable bonds is 10. The van der Waals surface area contributed by atoms with Crippen molar-refractivity contribution in [3.63, 3.8) is 0 Å². The van der Waals surface area contributed by atoms with Crippen molar-refractivity contribution >= 4 is 17.7 Å². The van der Waals surface area contributed by atoms with E-state index in [4.69, 9.17) is 18.9 Å². The van der Waals surface area contributed by atoms with Crippen molar-refractivity contribution < 1.29 is 28.5 Å². The van der Waals surface area contributed by atoms with Crippen LogP contribution in [0.5, 0.6) is 17.2 Å².